The molecule has 0 aliphatic carbocycles. The fourth-order valence-corrected chi connectivity index (χ4v) is 4.71. The molecule has 1 amide bonds. The minimum atomic E-state index is -0.338. The van der Waals surface area contributed by atoms with E-state index in [-0.39, 0.29) is 24.0 Å². The van der Waals surface area contributed by atoms with Gasteiger partial charge >= 0.3 is 0 Å². The lowest BCUT2D eigenvalue weighted by atomic mass is 9.90. The number of likely N-dealkylation sites (tertiary alicyclic amines) is 1. The molecule has 1 N–H and O–H groups in total. The maximum Gasteiger partial charge on any atom is 0.262 e. The van der Waals surface area contributed by atoms with Gasteiger partial charge in [-0.2, -0.15) is 0 Å². The Morgan fingerprint density at radius 2 is 1.80 bits per heavy atom. The molecule has 3 aromatic rings. The van der Waals surface area contributed by atoms with E-state index in [9.17, 15) is 9.18 Å². The normalized spacial score (nSPS) is 17.6. The number of halogens is 1. The van der Waals surface area contributed by atoms with Crippen molar-refractivity contribution in [2.24, 2.45) is 5.92 Å². The van der Waals surface area contributed by atoms with Crippen LogP contribution in [0.25, 0.3) is 10.9 Å². The van der Waals surface area contributed by atoms with Crippen LogP contribution < -0.4 is 19.5 Å². The van der Waals surface area contributed by atoms with Gasteiger partial charge < -0.3 is 24.4 Å². The molecular formula is C27H30FN3O4. The highest BCUT2D eigenvalue weighted by atomic mass is 19.1. The van der Waals surface area contributed by atoms with Crippen molar-refractivity contribution in [1.82, 2.24) is 9.88 Å². The predicted octanol–water partition coefficient (Wildman–Crippen LogP) is 4.36. The lowest BCUT2D eigenvalue weighted by Crippen LogP contribution is -2.31. The Hall–Kier alpha value is -3.39. The summed E-state index contributed by atoms with van der Waals surface area (Å²) in [5.41, 5.74) is 2.84. The van der Waals surface area contributed by atoms with Crippen molar-refractivity contribution in [1.29, 1.82) is 0 Å². The maximum atomic E-state index is 14.5. The molecule has 35 heavy (non-hydrogen) atoms. The first kappa shape index (κ1) is 23.4. The van der Waals surface area contributed by atoms with E-state index < -0.39 is 0 Å². The van der Waals surface area contributed by atoms with Gasteiger partial charge in [0.15, 0.2) is 23.9 Å². The van der Waals surface area contributed by atoms with Crippen LogP contribution in [0.4, 0.5) is 10.1 Å². The number of amides is 1. The molecule has 0 radical (unpaired) electrons. The lowest BCUT2D eigenvalue weighted by Gasteiger charge is -2.29. The molecular weight excluding hydrogens is 449 g/mol. The van der Waals surface area contributed by atoms with E-state index in [1.165, 1.54) is 0 Å². The van der Waals surface area contributed by atoms with Crippen molar-refractivity contribution in [2.45, 2.75) is 26.2 Å². The molecule has 6 rings (SSSR count). The van der Waals surface area contributed by atoms with E-state index in [4.69, 9.17) is 14.2 Å². The average molecular weight is 480 g/mol. The van der Waals surface area contributed by atoms with Crippen molar-refractivity contribution < 1.29 is 23.4 Å². The first-order valence-corrected chi connectivity index (χ1v) is 12.1. The summed E-state index contributed by atoms with van der Waals surface area (Å²) in [5.74, 6) is 1.95. The van der Waals surface area contributed by atoms with Gasteiger partial charge in [0.25, 0.3) is 5.91 Å². The predicted molar refractivity (Wildman–Crippen MR) is 132 cm³/mol. The molecule has 0 saturated carbocycles. The van der Waals surface area contributed by atoms with Crippen LogP contribution in [0.2, 0.25) is 0 Å². The van der Waals surface area contributed by atoms with E-state index in [0.717, 1.165) is 60.4 Å². The summed E-state index contributed by atoms with van der Waals surface area (Å²) >= 11 is 0. The second-order valence-corrected chi connectivity index (χ2v) is 9.31. The zero-order chi connectivity index (χ0) is 24.4. The number of nitrogens with one attached hydrogen (secondary N) is 1. The summed E-state index contributed by atoms with van der Waals surface area (Å²) in [6.07, 6.45) is 2.91. The van der Waals surface area contributed by atoms with E-state index in [0.29, 0.717) is 30.4 Å². The monoisotopic (exact) mass is 479 g/mol. The smallest absolute Gasteiger partial charge is 0.262 e. The van der Waals surface area contributed by atoms with Gasteiger partial charge in [0.1, 0.15) is 24.7 Å². The molecule has 0 unspecified atom stereocenters. The van der Waals surface area contributed by atoms with Crippen molar-refractivity contribution in [3.8, 4) is 17.2 Å². The number of nitrogens with zero attached hydrogens (tertiary/aromatic N) is 2. The summed E-state index contributed by atoms with van der Waals surface area (Å²) in [5, 5.41) is 3.59. The van der Waals surface area contributed by atoms with Crippen molar-refractivity contribution in [2.75, 3.05) is 45.3 Å². The number of carbonyl (C=O) groups is 1. The van der Waals surface area contributed by atoms with Crippen molar-refractivity contribution in [3.05, 3.63) is 53.5 Å². The summed E-state index contributed by atoms with van der Waals surface area (Å²) in [4.78, 5) is 18.1. The minimum Gasteiger partial charge on any atom is -0.486 e. The molecule has 3 aliphatic rings. The molecule has 0 bridgehead atoms. The summed E-state index contributed by atoms with van der Waals surface area (Å²) in [6, 6.07) is 11.4. The van der Waals surface area contributed by atoms with Crippen molar-refractivity contribution >= 4 is 22.5 Å². The number of aryl methyl sites for hydroxylation is 1. The molecule has 3 aliphatic heterocycles. The Bertz CT molecular complexity index is 1240. The van der Waals surface area contributed by atoms with Crippen molar-refractivity contribution in [3.63, 3.8) is 0 Å². The number of rotatable bonds is 2. The van der Waals surface area contributed by atoms with Crippen LogP contribution in [0.15, 0.2) is 36.4 Å². The van der Waals surface area contributed by atoms with Crippen LogP contribution in [-0.4, -0.2) is 55.7 Å². The number of ether oxygens (including phenoxy) is 3. The molecule has 0 spiro atoms. The van der Waals surface area contributed by atoms with E-state index in [1.54, 1.807) is 12.1 Å². The van der Waals surface area contributed by atoms with Gasteiger partial charge in [0.05, 0.1) is 5.52 Å². The van der Waals surface area contributed by atoms with Crippen LogP contribution in [0.3, 0.4) is 0 Å². The molecule has 1 aromatic heterocycles. The summed E-state index contributed by atoms with van der Waals surface area (Å²) in [7, 11) is 2.11. The zero-order valence-electron chi connectivity index (χ0n) is 20.1. The fraction of sp³-hybridized carbons (Fsp3) is 0.407. The number of pyridine rings is 1. The van der Waals surface area contributed by atoms with Crippen LogP contribution in [-0.2, 0) is 11.2 Å². The first-order chi connectivity index (χ1) is 17.0. The van der Waals surface area contributed by atoms with E-state index in [2.05, 4.69) is 22.2 Å². The minimum absolute atomic E-state index is 0.0409. The maximum absolute atomic E-state index is 14.5. The number of fused-ring (bicyclic) bond motifs is 4. The van der Waals surface area contributed by atoms with Gasteiger partial charge in [-0.25, -0.2) is 4.39 Å². The molecule has 0 atom stereocenters. The quantitative estimate of drug-likeness (QED) is 0.589. The standard InChI is InChI=1S/C15H19FN2O2.C12H11NO2/c1-18-6-4-10(5-7-18)8-11-2-3-12-15(14(11)16)17-13(19)9-20-12;1-8-2-3-9-10(13-8)4-5-11-12(9)15-7-6-14-11/h2-3,10H,4-9H2,1H3,(H,17,19);2-5H,6-7H2,1H3. The zero-order valence-corrected chi connectivity index (χ0v) is 20.1. The molecule has 8 heteroatoms. The Kier molecular flexibility index (Phi) is 6.72. The van der Waals surface area contributed by atoms with Crippen LogP contribution >= 0.6 is 0 Å². The molecule has 4 heterocycles. The summed E-state index contributed by atoms with van der Waals surface area (Å²) in [6.45, 7) is 5.31. The van der Waals surface area contributed by atoms with Crippen LogP contribution in [0, 0.1) is 18.7 Å². The topological polar surface area (TPSA) is 72.9 Å². The molecule has 1 saturated heterocycles. The molecule has 7 nitrogen and oxygen atoms in total. The second kappa shape index (κ2) is 10.1. The van der Waals surface area contributed by atoms with Gasteiger partial charge in [-0.15, -0.1) is 0 Å². The van der Waals surface area contributed by atoms with E-state index in [1.807, 2.05) is 31.2 Å². The average Bonchev–Trinajstić information content (AvgIpc) is 2.87. The van der Waals surface area contributed by atoms with Gasteiger partial charge in [0.2, 0.25) is 0 Å². The largest absolute Gasteiger partial charge is 0.486 e. The Balaban J connectivity index is 0.000000151. The third kappa shape index (κ3) is 5.17. The van der Waals surface area contributed by atoms with Gasteiger partial charge in [-0.1, -0.05) is 6.07 Å². The molecule has 1 fully saturated rings. The number of piperidine rings is 1. The number of anilines is 1. The highest BCUT2D eigenvalue weighted by Crippen LogP contribution is 2.37. The second-order valence-electron chi connectivity index (χ2n) is 9.31. The first-order valence-electron chi connectivity index (χ1n) is 12.1. The fourth-order valence-electron chi connectivity index (χ4n) is 4.71. The number of hydrogen-bond acceptors (Lipinski definition) is 6. The SMILES string of the molecule is CN1CCC(Cc2ccc3c(c2F)NC(=O)CO3)CC1.Cc1ccc2c3c(ccc2n1)OCCO3. The Morgan fingerprint density at radius 1 is 1.03 bits per heavy atom. The summed E-state index contributed by atoms with van der Waals surface area (Å²) < 4.78 is 30.8. The highest BCUT2D eigenvalue weighted by molar-refractivity contribution is 5.95. The Morgan fingerprint density at radius 3 is 2.63 bits per heavy atom. The third-order valence-corrected chi connectivity index (χ3v) is 6.67. The number of hydrogen-bond donors (Lipinski definition) is 1. The number of aromatic nitrogens is 1. The van der Waals surface area contributed by atoms with Gasteiger partial charge in [-0.3, -0.25) is 9.78 Å². The van der Waals surface area contributed by atoms with Crippen LogP contribution in [0.1, 0.15) is 24.1 Å². The van der Waals surface area contributed by atoms with Gasteiger partial charge in [0, 0.05) is 11.1 Å². The lowest BCUT2D eigenvalue weighted by molar-refractivity contribution is -0.118. The highest BCUT2D eigenvalue weighted by Gasteiger charge is 2.24. The Labute approximate surface area is 204 Å². The van der Waals surface area contributed by atoms with E-state index >= 15 is 0 Å². The van der Waals surface area contributed by atoms with Gasteiger partial charge in [-0.05, 0) is 88.1 Å². The third-order valence-electron chi connectivity index (χ3n) is 6.67. The number of carbonyl (C=O) groups excluding carboxylic acids is 1. The van der Waals surface area contributed by atoms with Crippen LogP contribution in [0.5, 0.6) is 17.2 Å². The number of benzene rings is 2. The molecule has 2 aromatic carbocycles. The molecule has 184 valence electrons.